The maximum atomic E-state index is 13.0. The topological polar surface area (TPSA) is 17.1 Å². The molecule has 0 aliphatic rings. The Kier molecular flexibility index (Phi) is 3.05. The van der Waals surface area contributed by atoms with Crippen molar-refractivity contribution in [3.63, 3.8) is 0 Å². The number of benzene rings is 3. The molecule has 0 aliphatic carbocycles. The van der Waals surface area contributed by atoms with Gasteiger partial charge in [0.25, 0.3) is 0 Å². The van der Waals surface area contributed by atoms with E-state index in [0.717, 1.165) is 31.3 Å². The van der Waals surface area contributed by atoms with Crippen molar-refractivity contribution >= 4 is 31.5 Å². The lowest BCUT2D eigenvalue weighted by Gasteiger charge is -2.08. The van der Waals surface area contributed by atoms with Crippen molar-refractivity contribution in [3.8, 4) is 11.1 Å². The number of fused-ring (bicyclic) bond motifs is 2. The Morgan fingerprint density at radius 3 is 2.32 bits per heavy atom. The number of rotatable bonds is 1. The van der Waals surface area contributed by atoms with E-state index in [-0.39, 0.29) is 5.43 Å². The van der Waals surface area contributed by atoms with Crippen LogP contribution in [0.2, 0.25) is 0 Å². The van der Waals surface area contributed by atoms with Crippen molar-refractivity contribution in [1.29, 1.82) is 0 Å². The van der Waals surface area contributed by atoms with Gasteiger partial charge < -0.3 is 0 Å². The molecule has 4 aromatic rings. The van der Waals surface area contributed by atoms with Crippen LogP contribution in [0, 0.1) is 6.92 Å². The zero-order chi connectivity index (χ0) is 15.1. The molecular weight excluding hydrogens is 288 g/mol. The van der Waals surface area contributed by atoms with Crippen LogP contribution in [0.4, 0.5) is 0 Å². The monoisotopic (exact) mass is 302 g/mol. The van der Waals surface area contributed by atoms with Crippen LogP contribution in [-0.2, 0) is 0 Å². The number of hydrogen-bond acceptors (Lipinski definition) is 2. The summed E-state index contributed by atoms with van der Waals surface area (Å²) in [6, 6.07) is 22.3. The van der Waals surface area contributed by atoms with E-state index in [2.05, 4.69) is 31.2 Å². The van der Waals surface area contributed by atoms with Crippen LogP contribution < -0.4 is 5.43 Å². The first-order valence-electron chi connectivity index (χ1n) is 7.26. The van der Waals surface area contributed by atoms with Crippen LogP contribution in [0.3, 0.4) is 0 Å². The molecule has 0 fully saturated rings. The van der Waals surface area contributed by atoms with Crippen LogP contribution in [0.1, 0.15) is 5.56 Å². The van der Waals surface area contributed by atoms with Gasteiger partial charge in [-0.05, 0) is 36.2 Å². The molecule has 0 saturated heterocycles. The summed E-state index contributed by atoms with van der Waals surface area (Å²) in [4.78, 5) is 13.0. The van der Waals surface area contributed by atoms with Crippen LogP contribution in [0.5, 0.6) is 0 Å². The lowest BCUT2D eigenvalue weighted by atomic mass is 10.00. The summed E-state index contributed by atoms with van der Waals surface area (Å²) >= 11 is 1.68. The number of hydrogen-bond donors (Lipinski definition) is 0. The molecule has 1 heterocycles. The Morgan fingerprint density at radius 1 is 0.773 bits per heavy atom. The smallest absolute Gasteiger partial charge is 0.196 e. The molecule has 3 aromatic carbocycles. The Balaban J connectivity index is 2.14. The highest BCUT2D eigenvalue weighted by Crippen LogP contribution is 2.31. The van der Waals surface area contributed by atoms with Crippen molar-refractivity contribution in [3.05, 3.63) is 82.5 Å². The molecule has 0 atom stereocenters. The Bertz CT molecular complexity index is 1040. The summed E-state index contributed by atoms with van der Waals surface area (Å²) in [5.41, 5.74) is 3.46. The molecule has 1 nitrogen and oxygen atoms in total. The fraction of sp³-hybridized carbons (Fsp3) is 0.0500. The minimum Gasteiger partial charge on any atom is -0.288 e. The molecule has 0 amide bonds. The minimum absolute atomic E-state index is 0.125. The fourth-order valence-electron chi connectivity index (χ4n) is 2.82. The van der Waals surface area contributed by atoms with E-state index in [1.165, 1.54) is 5.56 Å². The van der Waals surface area contributed by atoms with Crippen molar-refractivity contribution < 1.29 is 0 Å². The van der Waals surface area contributed by atoms with Gasteiger partial charge in [0.2, 0.25) is 0 Å². The lowest BCUT2D eigenvalue weighted by Crippen LogP contribution is -2.02. The highest BCUT2D eigenvalue weighted by molar-refractivity contribution is 7.24. The summed E-state index contributed by atoms with van der Waals surface area (Å²) in [7, 11) is 0. The Morgan fingerprint density at radius 2 is 1.50 bits per heavy atom. The molecule has 106 valence electrons. The van der Waals surface area contributed by atoms with Gasteiger partial charge in [0.05, 0.1) is 0 Å². The predicted molar refractivity (Wildman–Crippen MR) is 95.8 cm³/mol. The summed E-state index contributed by atoms with van der Waals surface area (Å²) in [5, 5.41) is 1.63. The van der Waals surface area contributed by atoms with Gasteiger partial charge in [-0.3, -0.25) is 4.79 Å². The predicted octanol–water partition coefficient (Wildman–Crippen LogP) is 5.39. The third kappa shape index (κ3) is 2.04. The standard InChI is InChI=1S/C20H14OS/c1-13-9-11-14(12-10-13)15-6-4-8-18-19(15)20(21)16-5-2-3-7-17(16)22-18/h2-12H,1H3. The van der Waals surface area contributed by atoms with Gasteiger partial charge in [0, 0.05) is 20.2 Å². The van der Waals surface area contributed by atoms with E-state index >= 15 is 0 Å². The van der Waals surface area contributed by atoms with E-state index < -0.39 is 0 Å². The zero-order valence-electron chi connectivity index (χ0n) is 12.2. The highest BCUT2D eigenvalue weighted by Gasteiger charge is 2.10. The van der Waals surface area contributed by atoms with E-state index in [9.17, 15) is 4.79 Å². The second kappa shape index (κ2) is 5.08. The summed E-state index contributed by atoms with van der Waals surface area (Å²) in [6.07, 6.45) is 0. The van der Waals surface area contributed by atoms with Crippen molar-refractivity contribution in [2.45, 2.75) is 6.92 Å². The molecule has 0 radical (unpaired) electrons. The van der Waals surface area contributed by atoms with Gasteiger partial charge in [-0.2, -0.15) is 0 Å². The average Bonchev–Trinajstić information content (AvgIpc) is 2.55. The Hall–Kier alpha value is -2.45. The summed E-state index contributed by atoms with van der Waals surface area (Å²) < 4.78 is 2.09. The fourth-order valence-corrected chi connectivity index (χ4v) is 3.93. The quantitative estimate of drug-likeness (QED) is 0.431. The van der Waals surface area contributed by atoms with Crippen LogP contribution in [-0.4, -0.2) is 0 Å². The first-order valence-corrected chi connectivity index (χ1v) is 8.07. The van der Waals surface area contributed by atoms with E-state index in [4.69, 9.17) is 0 Å². The first kappa shape index (κ1) is 13.2. The minimum atomic E-state index is 0.125. The third-order valence-electron chi connectivity index (χ3n) is 3.97. The molecule has 22 heavy (non-hydrogen) atoms. The van der Waals surface area contributed by atoms with E-state index in [1.807, 2.05) is 42.5 Å². The second-order valence-corrected chi connectivity index (χ2v) is 6.56. The highest BCUT2D eigenvalue weighted by atomic mass is 32.1. The van der Waals surface area contributed by atoms with Crippen LogP contribution in [0.15, 0.2) is 71.5 Å². The van der Waals surface area contributed by atoms with Crippen LogP contribution >= 0.6 is 11.3 Å². The second-order valence-electron chi connectivity index (χ2n) is 5.47. The van der Waals surface area contributed by atoms with Gasteiger partial charge in [0.1, 0.15) is 0 Å². The summed E-state index contributed by atoms with van der Waals surface area (Å²) in [6.45, 7) is 2.07. The summed E-state index contributed by atoms with van der Waals surface area (Å²) in [5.74, 6) is 0. The SMILES string of the molecule is Cc1ccc(-c2cccc3sc4ccccc4c(=O)c23)cc1. The van der Waals surface area contributed by atoms with Crippen molar-refractivity contribution in [1.82, 2.24) is 0 Å². The van der Waals surface area contributed by atoms with E-state index in [0.29, 0.717) is 0 Å². The third-order valence-corrected chi connectivity index (χ3v) is 5.10. The maximum Gasteiger partial charge on any atom is 0.196 e. The molecule has 0 bridgehead atoms. The van der Waals surface area contributed by atoms with Crippen molar-refractivity contribution in [2.75, 3.05) is 0 Å². The van der Waals surface area contributed by atoms with E-state index in [1.54, 1.807) is 11.3 Å². The molecule has 0 saturated carbocycles. The lowest BCUT2D eigenvalue weighted by molar-refractivity contribution is 1.47. The first-order chi connectivity index (χ1) is 10.7. The molecule has 2 heteroatoms. The largest absolute Gasteiger partial charge is 0.288 e. The average molecular weight is 302 g/mol. The molecule has 1 aromatic heterocycles. The Labute approximate surface area is 132 Å². The molecule has 4 rings (SSSR count). The van der Waals surface area contributed by atoms with Gasteiger partial charge in [-0.25, -0.2) is 0 Å². The van der Waals surface area contributed by atoms with Gasteiger partial charge in [-0.15, -0.1) is 11.3 Å². The molecule has 0 unspecified atom stereocenters. The normalized spacial score (nSPS) is 11.1. The van der Waals surface area contributed by atoms with Gasteiger partial charge >= 0.3 is 0 Å². The molecular formula is C20H14OS. The van der Waals surface area contributed by atoms with Gasteiger partial charge in [0.15, 0.2) is 5.43 Å². The van der Waals surface area contributed by atoms with Crippen LogP contribution in [0.25, 0.3) is 31.3 Å². The molecule has 0 aliphatic heterocycles. The van der Waals surface area contributed by atoms with Gasteiger partial charge in [-0.1, -0.05) is 54.1 Å². The van der Waals surface area contributed by atoms with Crippen molar-refractivity contribution in [2.24, 2.45) is 0 Å². The zero-order valence-corrected chi connectivity index (χ0v) is 13.0. The molecule has 0 spiro atoms. The molecule has 0 N–H and O–H groups in total. The maximum absolute atomic E-state index is 13.0. The number of aryl methyl sites for hydroxylation is 1.